The van der Waals surface area contributed by atoms with Crippen molar-refractivity contribution >= 4 is 5.69 Å². The summed E-state index contributed by atoms with van der Waals surface area (Å²) in [6.45, 7) is 0. The summed E-state index contributed by atoms with van der Waals surface area (Å²) in [7, 11) is 3.18. The summed E-state index contributed by atoms with van der Waals surface area (Å²) in [5.74, 6) is -0.0637. The summed E-state index contributed by atoms with van der Waals surface area (Å²) in [5, 5.41) is 0. The highest BCUT2D eigenvalue weighted by Crippen LogP contribution is 2.43. The van der Waals surface area contributed by atoms with Crippen molar-refractivity contribution in [2.24, 2.45) is 0 Å². The van der Waals surface area contributed by atoms with Gasteiger partial charge in [0, 0.05) is 14.1 Å². The maximum absolute atomic E-state index is 13.0. The van der Waals surface area contributed by atoms with Crippen molar-refractivity contribution in [3.05, 3.63) is 23.8 Å². The minimum Gasteiger partial charge on any atom is -0.490 e. The van der Waals surface area contributed by atoms with Gasteiger partial charge in [0.25, 0.3) is 0 Å². The van der Waals surface area contributed by atoms with Crippen LogP contribution in [0.15, 0.2) is 18.2 Å². The average Bonchev–Trinajstić information content (AvgIpc) is 2.99. The van der Waals surface area contributed by atoms with Gasteiger partial charge >= 0.3 is 6.18 Å². The Morgan fingerprint density at radius 2 is 1.88 bits per heavy atom. The summed E-state index contributed by atoms with van der Waals surface area (Å²) < 4.78 is 44.4. The SMILES string of the molecule is CN(C)c1cccc(OC2CC2)c1C(F)(F)F. The first kappa shape index (κ1) is 12.1. The lowest BCUT2D eigenvalue weighted by Crippen LogP contribution is -2.18. The zero-order valence-electron chi connectivity index (χ0n) is 9.71. The molecule has 0 spiro atoms. The van der Waals surface area contributed by atoms with Gasteiger partial charge in [-0.15, -0.1) is 0 Å². The van der Waals surface area contributed by atoms with Gasteiger partial charge in [-0.1, -0.05) is 6.07 Å². The lowest BCUT2D eigenvalue weighted by molar-refractivity contribution is -0.138. The first-order valence-electron chi connectivity index (χ1n) is 5.44. The van der Waals surface area contributed by atoms with Crippen molar-refractivity contribution in [3.63, 3.8) is 0 Å². The summed E-state index contributed by atoms with van der Waals surface area (Å²) in [4.78, 5) is 1.45. The smallest absolute Gasteiger partial charge is 0.421 e. The Kier molecular flexibility index (Phi) is 2.93. The van der Waals surface area contributed by atoms with Crippen LogP contribution in [0.2, 0.25) is 0 Å². The van der Waals surface area contributed by atoms with E-state index in [1.807, 2.05) is 0 Å². The van der Waals surface area contributed by atoms with E-state index in [1.54, 1.807) is 20.2 Å². The minimum absolute atomic E-state index is 0.0477. The number of hydrogen-bond donors (Lipinski definition) is 0. The highest BCUT2D eigenvalue weighted by atomic mass is 19.4. The highest BCUT2D eigenvalue weighted by molar-refractivity contribution is 5.60. The Labute approximate surface area is 98.0 Å². The zero-order chi connectivity index (χ0) is 12.6. The lowest BCUT2D eigenvalue weighted by atomic mass is 10.1. The van der Waals surface area contributed by atoms with E-state index >= 15 is 0 Å². The van der Waals surface area contributed by atoms with Crippen molar-refractivity contribution in [1.82, 2.24) is 0 Å². The molecule has 0 bridgehead atoms. The van der Waals surface area contributed by atoms with E-state index in [0.717, 1.165) is 12.8 Å². The zero-order valence-corrected chi connectivity index (χ0v) is 9.71. The standard InChI is InChI=1S/C12H14F3NO/c1-16(2)9-4-3-5-10(17-8-6-7-8)11(9)12(13,14)15/h3-5,8H,6-7H2,1-2H3. The molecule has 5 heteroatoms. The molecule has 0 atom stereocenters. The molecule has 1 aliphatic carbocycles. The molecule has 1 fully saturated rings. The first-order chi connectivity index (χ1) is 7.89. The van der Waals surface area contributed by atoms with Crippen LogP contribution in [-0.4, -0.2) is 20.2 Å². The predicted molar refractivity (Wildman–Crippen MR) is 59.4 cm³/mol. The number of anilines is 1. The summed E-state index contributed by atoms with van der Waals surface area (Å²) in [6.07, 6.45) is -2.77. The van der Waals surface area contributed by atoms with E-state index in [1.165, 1.54) is 17.0 Å². The second-order valence-electron chi connectivity index (χ2n) is 4.36. The van der Waals surface area contributed by atoms with Crippen LogP contribution in [0.25, 0.3) is 0 Å². The molecule has 0 N–H and O–H groups in total. The van der Waals surface area contributed by atoms with Crippen LogP contribution in [0.4, 0.5) is 18.9 Å². The molecule has 94 valence electrons. The van der Waals surface area contributed by atoms with Crippen LogP contribution >= 0.6 is 0 Å². The molecule has 0 heterocycles. The van der Waals surface area contributed by atoms with Crippen LogP contribution in [-0.2, 0) is 6.18 Å². The molecule has 0 radical (unpaired) electrons. The second kappa shape index (κ2) is 4.13. The number of nitrogens with zero attached hydrogens (tertiary/aromatic N) is 1. The fourth-order valence-electron chi connectivity index (χ4n) is 1.64. The van der Waals surface area contributed by atoms with E-state index in [0.29, 0.717) is 0 Å². The number of benzene rings is 1. The van der Waals surface area contributed by atoms with Crippen molar-refractivity contribution in [1.29, 1.82) is 0 Å². The van der Waals surface area contributed by atoms with E-state index in [2.05, 4.69) is 0 Å². The second-order valence-corrected chi connectivity index (χ2v) is 4.36. The molecular formula is C12H14F3NO. The molecule has 0 aromatic heterocycles. The molecule has 17 heavy (non-hydrogen) atoms. The van der Waals surface area contributed by atoms with Gasteiger partial charge in [-0.05, 0) is 25.0 Å². The van der Waals surface area contributed by atoms with Gasteiger partial charge in [0.15, 0.2) is 0 Å². The van der Waals surface area contributed by atoms with Crippen LogP contribution in [0.3, 0.4) is 0 Å². The third kappa shape index (κ3) is 2.65. The highest BCUT2D eigenvalue weighted by Gasteiger charge is 2.39. The molecule has 1 aromatic carbocycles. The Hall–Kier alpha value is -1.39. The summed E-state index contributed by atoms with van der Waals surface area (Å²) in [5.41, 5.74) is -0.549. The van der Waals surface area contributed by atoms with Crippen LogP contribution in [0, 0.1) is 0 Å². The lowest BCUT2D eigenvalue weighted by Gasteiger charge is -2.22. The summed E-state index contributed by atoms with van der Waals surface area (Å²) in [6, 6.07) is 4.42. The third-order valence-corrected chi connectivity index (χ3v) is 2.59. The van der Waals surface area contributed by atoms with Crippen LogP contribution < -0.4 is 9.64 Å². The maximum Gasteiger partial charge on any atom is 0.421 e. The average molecular weight is 245 g/mol. The largest absolute Gasteiger partial charge is 0.490 e. The minimum atomic E-state index is -4.40. The Balaban J connectivity index is 2.45. The normalized spacial score (nSPS) is 15.8. The molecule has 0 amide bonds. The van der Waals surface area contributed by atoms with Crippen molar-refractivity contribution in [3.8, 4) is 5.75 Å². The fourth-order valence-corrected chi connectivity index (χ4v) is 1.64. The fraction of sp³-hybridized carbons (Fsp3) is 0.500. The predicted octanol–water partition coefficient (Wildman–Crippen LogP) is 3.31. The van der Waals surface area contributed by atoms with E-state index in [9.17, 15) is 13.2 Å². The van der Waals surface area contributed by atoms with Crippen LogP contribution in [0.5, 0.6) is 5.75 Å². The van der Waals surface area contributed by atoms with Crippen LogP contribution in [0.1, 0.15) is 18.4 Å². The van der Waals surface area contributed by atoms with Gasteiger partial charge in [-0.25, -0.2) is 0 Å². The van der Waals surface area contributed by atoms with Gasteiger partial charge in [0.05, 0.1) is 11.8 Å². The molecule has 0 aliphatic heterocycles. The van der Waals surface area contributed by atoms with Gasteiger partial charge in [-0.2, -0.15) is 13.2 Å². The molecule has 0 unspecified atom stereocenters. The summed E-state index contributed by atoms with van der Waals surface area (Å²) >= 11 is 0. The Morgan fingerprint density at radius 3 is 2.35 bits per heavy atom. The van der Waals surface area contributed by atoms with E-state index in [4.69, 9.17) is 4.74 Å². The molecule has 2 rings (SSSR count). The molecular weight excluding hydrogens is 231 g/mol. The molecule has 1 aliphatic rings. The van der Waals surface area contributed by atoms with Gasteiger partial charge in [0.2, 0.25) is 0 Å². The monoisotopic (exact) mass is 245 g/mol. The van der Waals surface area contributed by atoms with Crippen molar-refractivity contribution in [2.75, 3.05) is 19.0 Å². The number of rotatable bonds is 3. The number of hydrogen-bond acceptors (Lipinski definition) is 2. The maximum atomic E-state index is 13.0. The molecule has 1 aromatic rings. The topological polar surface area (TPSA) is 12.5 Å². The Morgan fingerprint density at radius 1 is 1.24 bits per heavy atom. The Bertz CT molecular complexity index is 411. The number of ether oxygens (including phenoxy) is 1. The van der Waals surface area contributed by atoms with E-state index in [-0.39, 0.29) is 17.5 Å². The van der Waals surface area contributed by atoms with Gasteiger partial charge in [-0.3, -0.25) is 0 Å². The number of halogens is 3. The molecule has 0 saturated heterocycles. The van der Waals surface area contributed by atoms with E-state index < -0.39 is 11.7 Å². The quantitative estimate of drug-likeness (QED) is 0.810. The van der Waals surface area contributed by atoms with Crippen molar-refractivity contribution < 1.29 is 17.9 Å². The third-order valence-electron chi connectivity index (χ3n) is 2.59. The van der Waals surface area contributed by atoms with Gasteiger partial charge in [0.1, 0.15) is 11.3 Å². The first-order valence-corrected chi connectivity index (χ1v) is 5.44. The van der Waals surface area contributed by atoms with Gasteiger partial charge < -0.3 is 9.64 Å². The molecule has 2 nitrogen and oxygen atoms in total. The number of alkyl halides is 3. The van der Waals surface area contributed by atoms with Crippen molar-refractivity contribution in [2.45, 2.75) is 25.1 Å². The molecule has 1 saturated carbocycles.